The molecule has 1 aliphatic carbocycles. The summed E-state index contributed by atoms with van der Waals surface area (Å²) in [5.74, 6) is 0.211. The molecule has 0 saturated heterocycles. The predicted molar refractivity (Wildman–Crippen MR) is 66.1 cm³/mol. The SMILES string of the molecule is O=C(Cc1ccccc1)C1=CC=CC=CC1. The minimum atomic E-state index is 0.211. The van der Waals surface area contributed by atoms with E-state index in [0.717, 1.165) is 17.6 Å². The molecular weight excluding hydrogens is 196 g/mol. The van der Waals surface area contributed by atoms with Crippen molar-refractivity contribution < 1.29 is 4.79 Å². The predicted octanol–water partition coefficient (Wildman–Crippen LogP) is 3.24. The van der Waals surface area contributed by atoms with E-state index in [1.807, 2.05) is 60.7 Å². The van der Waals surface area contributed by atoms with Crippen LogP contribution < -0.4 is 0 Å². The monoisotopic (exact) mass is 210 g/mol. The van der Waals surface area contributed by atoms with Crippen molar-refractivity contribution in [1.82, 2.24) is 0 Å². The minimum absolute atomic E-state index is 0.211. The number of hydrogen-bond acceptors (Lipinski definition) is 1. The summed E-state index contributed by atoms with van der Waals surface area (Å²) in [7, 11) is 0. The van der Waals surface area contributed by atoms with Crippen LogP contribution in [0.4, 0.5) is 0 Å². The summed E-state index contributed by atoms with van der Waals surface area (Å²) in [4.78, 5) is 12.0. The maximum atomic E-state index is 12.0. The molecule has 0 spiro atoms. The van der Waals surface area contributed by atoms with Crippen LogP contribution in [0.3, 0.4) is 0 Å². The Bertz CT molecular complexity index is 450. The van der Waals surface area contributed by atoms with Crippen LogP contribution in [0.1, 0.15) is 12.0 Å². The molecule has 0 aliphatic heterocycles. The Balaban J connectivity index is 2.06. The van der Waals surface area contributed by atoms with Crippen molar-refractivity contribution in [2.45, 2.75) is 12.8 Å². The lowest BCUT2D eigenvalue weighted by molar-refractivity contribution is -0.115. The lowest BCUT2D eigenvalue weighted by atomic mass is 10.0. The van der Waals surface area contributed by atoms with Gasteiger partial charge in [-0.1, -0.05) is 60.7 Å². The highest BCUT2D eigenvalue weighted by molar-refractivity contribution is 5.97. The Labute approximate surface area is 95.8 Å². The van der Waals surface area contributed by atoms with Crippen molar-refractivity contribution in [3.63, 3.8) is 0 Å². The second kappa shape index (κ2) is 5.26. The summed E-state index contributed by atoms with van der Waals surface area (Å²) < 4.78 is 0. The van der Waals surface area contributed by atoms with E-state index in [2.05, 4.69) is 0 Å². The smallest absolute Gasteiger partial charge is 0.163 e. The van der Waals surface area contributed by atoms with Crippen molar-refractivity contribution in [2.24, 2.45) is 0 Å². The van der Waals surface area contributed by atoms with Crippen molar-refractivity contribution in [2.75, 3.05) is 0 Å². The Hall–Kier alpha value is -1.89. The van der Waals surface area contributed by atoms with Gasteiger partial charge in [0.05, 0.1) is 0 Å². The maximum Gasteiger partial charge on any atom is 0.163 e. The van der Waals surface area contributed by atoms with Crippen LogP contribution in [0.2, 0.25) is 0 Å². The average molecular weight is 210 g/mol. The molecule has 2 rings (SSSR count). The van der Waals surface area contributed by atoms with Gasteiger partial charge in [-0.3, -0.25) is 4.79 Å². The highest BCUT2D eigenvalue weighted by Gasteiger charge is 2.08. The van der Waals surface area contributed by atoms with Crippen LogP contribution in [0, 0.1) is 0 Å². The first-order chi connectivity index (χ1) is 7.86. The van der Waals surface area contributed by atoms with Crippen LogP contribution in [-0.4, -0.2) is 5.78 Å². The van der Waals surface area contributed by atoms with Crippen molar-refractivity contribution in [1.29, 1.82) is 0 Å². The first-order valence-electron chi connectivity index (χ1n) is 5.46. The summed E-state index contributed by atoms with van der Waals surface area (Å²) in [5, 5.41) is 0. The first kappa shape index (κ1) is 10.6. The number of rotatable bonds is 3. The summed E-state index contributed by atoms with van der Waals surface area (Å²) >= 11 is 0. The molecule has 0 fully saturated rings. The van der Waals surface area contributed by atoms with E-state index >= 15 is 0 Å². The number of hydrogen-bond donors (Lipinski definition) is 0. The normalized spacial score (nSPS) is 14.4. The molecular formula is C15H14O. The molecule has 0 atom stereocenters. The molecule has 16 heavy (non-hydrogen) atoms. The van der Waals surface area contributed by atoms with Gasteiger partial charge in [0, 0.05) is 6.42 Å². The fourth-order valence-electron chi connectivity index (χ4n) is 1.68. The number of Topliss-reactive ketones (excluding diaryl/α,β-unsaturated/α-hetero) is 1. The number of carbonyl (C=O) groups excluding carboxylic acids is 1. The third-order valence-corrected chi connectivity index (χ3v) is 2.56. The first-order valence-corrected chi connectivity index (χ1v) is 5.46. The number of allylic oxidation sites excluding steroid dienone is 6. The van der Waals surface area contributed by atoms with Crippen LogP contribution in [0.5, 0.6) is 0 Å². The van der Waals surface area contributed by atoms with Gasteiger partial charge in [0.2, 0.25) is 0 Å². The van der Waals surface area contributed by atoms with Gasteiger partial charge in [-0.25, -0.2) is 0 Å². The molecule has 1 aromatic carbocycles. The summed E-state index contributed by atoms with van der Waals surface area (Å²) in [6.07, 6.45) is 11.0. The van der Waals surface area contributed by atoms with Gasteiger partial charge < -0.3 is 0 Å². The van der Waals surface area contributed by atoms with Gasteiger partial charge in [0.15, 0.2) is 5.78 Å². The summed E-state index contributed by atoms with van der Waals surface area (Å²) in [6.45, 7) is 0. The molecule has 1 nitrogen and oxygen atoms in total. The van der Waals surface area contributed by atoms with Crippen molar-refractivity contribution in [3.8, 4) is 0 Å². The quantitative estimate of drug-likeness (QED) is 0.748. The van der Waals surface area contributed by atoms with E-state index in [4.69, 9.17) is 0 Å². The third kappa shape index (κ3) is 2.80. The van der Waals surface area contributed by atoms with Crippen LogP contribution in [0.25, 0.3) is 0 Å². The Morgan fingerprint density at radius 2 is 1.88 bits per heavy atom. The molecule has 0 radical (unpaired) electrons. The molecule has 0 N–H and O–H groups in total. The van der Waals surface area contributed by atoms with Gasteiger partial charge in [-0.05, 0) is 17.6 Å². The third-order valence-electron chi connectivity index (χ3n) is 2.56. The molecule has 1 heteroatoms. The summed E-state index contributed by atoms with van der Waals surface area (Å²) in [6, 6.07) is 9.86. The molecule has 0 amide bonds. The van der Waals surface area contributed by atoms with E-state index in [0.29, 0.717) is 6.42 Å². The molecule has 0 heterocycles. The zero-order chi connectivity index (χ0) is 11.2. The largest absolute Gasteiger partial charge is 0.294 e. The van der Waals surface area contributed by atoms with E-state index in [9.17, 15) is 4.79 Å². The van der Waals surface area contributed by atoms with Crippen LogP contribution in [-0.2, 0) is 11.2 Å². The minimum Gasteiger partial charge on any atom is -0.294 e. The van der Waals surface area contributed by atoms with E-state index in [1.165, 1.54) is 0 Å². The molecule has 1 aromatic rings. The summed E-state index contributed by atoms with van der Waals surface area (Å²) in [5.41, 5.74) is 1.96. The highest BCUT2D eigenvalue weighted by Crippen LogP contribution is 2.12. The Kier molecular flexibility index (Phi) is 3.50. The van der Waals surface area contributed by atoms with E-state index < -0.39 is 0 Å². The topological polar surface area (TPSA) is 17.1 Å². The Morgan fingerprint density at radius 1 is 1.06 bits per heavy atom. The zero-order valence-corrected chi connectivity index (χ0v) is 9.10. The van der Waals surface area contributed by atoms with Crippen LogP contribution in [0.15, 0.2) is 66.3 Å². The standard InChI is InChI=1S/C15H14O/c16-15(12-13-8-4-3-5-9-13)14-10-6-1-2-7-11-14/h1-10H,11-12H2. The molecule has 80 valence electrons. The zero-order valence-electron chi connectivity index (χ0n) is 9.10. The highest BCUT2D eigenvalue weighted by atomic mass is 16.1. The number of benzene rings is 1. The van der Waals surface area contributed by atoms with Crippen molar-refractivity contribution in [3.05, 3.63) is 71.8 Å². The average Bonchev–Trinajstić information content (AvgIpc) is 2.59. The van der Waals surface area contributed by atoms with E-state index in [1.54, 1.807) is 0 Å². The van der Waals surface area contributed by atoms with Gasteiger partial charge >= 0.3 is 0 Å². The molecule has 0 aromatic heterocycles. The fraction of sp³-hybridized carbons (Fsp3) is 0.133. The number of carbonyl (C=O) groups is 1. The maximum absolute atomic E-state index is 12.0. The molecule has 0 saturated carbocycles. The molecule has 0 unspecified atom stereocenters. The van der Waals surface area contributed by atoms with Gasteiger partial charge in [0.1, 0.15) is 0 Å². The number of ketones is 1. The van der Waals surface area contributed by atoms with E-state index in [-0.39, 0.29) is 5.78 Å². The lowest BCUT2D eigenvalue weighted by Crippen LogP contribution is -2.05. The van der Waals surface area contributed by atoms with Gasteiger partial charge in [-0.2, -0.15) is 0 Å². The molecule has 1 aliphatic rings. The second-order valence-electron chi connectivity index (χ2n) is 3.79. The van der Waals surface area contributed by atoms with Crippen molar-refractivity contribution >= 4 is 5.78 Å². The van der Waals surface area contributed by atoms with Gasteiger partial charge in [0.25, 0.3) is 0 Å². The fourth-order valence-corrected chi connectivity index (χ4v) is 1.68. The second-order valence-corrected chi connectivity index (χ2v) is 3.79. The Morgan fingerprint density at radius 3 is 2.69 bits per heavy atom. The van der Waals surface area contributed by atoms with Crippen LogP contribution >= 0.6 is 0 Å². The van der Waals surface area contributed by atoms with Gasteiger partial charge in [-0.15, -0.1) is 0 Å². The molecule has 0 bridgehead atoms. The lowest BCUT2D eigenvalue weighted by Gasteiger charge is -2.03.